The maximum absolute atomic E-state index is 5.49. The van der Waals surface area contributed by atoms with Crippen LogP contribution in [0.5, 0.6) is 5.75 Å². The Bertz CT molecular complexity index is 482. The minimum Gasteiger partial charge on any atom is -0.497 e. The molecule has 0 radical (unpaired) electrons. The zero-order valence-corrected chi connectivity index (χ0v) is 9.76. The van der Waals surface area contributed by atoms with Crippen LogP contribution in [0, 0.1) is 0 Å². The van der Waals surface area contributed by atoms with Crippen LogP contribution in [0.15, 0.2) is 36.5 Å². The highest BCUT2D eigenvalue weighted by Crippen LogP contribution is 2.20. The van der Waals surface area contributed by atoms with Crippen molar-refractivity contribution in [3.8, 4) is 17.0 Å². The molecule has 2 rings (SSSR count). The van der Waals surface area contributed by atoms with Crippen molar-refractivity contribution in [3.05, 3.63) is 42.4 Å². The zero-order chi connectivity index (χ0) is 12.1. The fraction of sp³-hybridized carbons (Fsp3) is 0.231. The fourth-order valence-corrected chi connectivity index (χ4v) is 1.57. The summed E-state index contributed by atoms with van der Waals surface area (Å²) in [6, 6.07) is 9.68. The number of rotatable bonds is 4. The third-order valence-corrected chi connectivity index (χ3v) is 2.46. The van der Waals surface area contributed by atoms with E-state index >= 15 is 0 Å². The first kappa shape index (κ1) is 11.5. The van der Waals surface area contributed by atoms with Gasteiger partial charge in [0.15, 0.2) is 0 Å². The van der Waals surface area contributed by atoms with Crippen LogP contribution >= 0.6 is 0 Å². The van der Waals surface area contributed by atoms with Gasteiger partial charge in [-0.25, -0.2) is 9.97 Å². The Hall–Kier alpha value is -1.94. The van der Waals surface area contributed by atoms with Crippen LogP contribution in [0.4, 0.5) is 0 Å². The van der Waals surface area contributed by atoms with E-state index < -0.39 is 0 Å². The molecule has 0 spiro atoms. The van der Waals surface area contributed by atoms with Gasteiger partial charge in [0.25, 0.3) is 0 Å². The number of methoxy groups -OCH3 is 1. The second-order valence-electron chi connectivity index (χ2n) is 3.63. The number of nitrogens with two attached hydrogens (primary N) is 1. The first-order valence-corrected chi connectivity index (χ1v) is 5.50. The second kappa shape index (κ2) is 5.41. The van der Waals surface area contributed by atoms with Crippen LogP contribution in [0.25, 0.3) is 11.3 Å². The van der Waals surface area contributed by atoms with Crippen LogP contribution in [-0.2, 0) is 6.42 Å². The van der Waals surface area contributed by atoms with Gasteiger partial charge in [-0.2, -0.15) is 0 Å². The van der Waals surface area contributed by atoms with E-state index in [4.69, 9.17) is 10.5 Å². The molecule has 0 saturated heterocycles. The van der Waals surface area contributed by atoms with Gasteiger partial charge in [0.1, 0.15) is 11.6 Å². The second-order valence-corrected chi connectivity index (χ2v) is 3.63. The lowest BCUT2D eigenvalue weighted by molar-refractivity contribution is 0.415. The molecular weight excluding hydrogens is 214 g/mol. The summed E-state index contributed by atoms with van der Waals surface area (Å²) in [5.41, 5.74) is 7.45. The lowest BCUT2D eigenvalue weighted by Crippen LogP contribution is -2.06. The van der Waals surface area contributed by atoms with E-state index in [1.807, 2.05) is 30.3 Å². The predicted molar refractivity (Wildman–Crippen MR) is 66.8 cm³/mol. The Morgan fingerprint density at radius 1 is 1.18 bits per heavy atom. The molecule has 0 fully saturated rings. The first-order chi connectivity index (χ1) is 8.33. The minimum atomic E-state index is 0.562. The van der Waals surface area contributed by atoms with Gasteiger partial charge in [-0.3, -0.25) is 0 Å². The summed E-state index contributed by atoms with van der Waals surface area (Å²) in [4.78, 5) is 8.63. The smallest absolute Gasteiger partial charge is 0.130 e. The van der Waals surface area contributed by atoms with Crippen molar-refractivity contribution < 1.29 is 4.74 Å². The molecule has 17 heavy (non-hydrogen) atoms. The molecule has 0 aliphatic rings. The van der Waals surface area contributed by atoms with Crippen molar-refractivity contribution in [2.24, 2.45) is 5.73 Å². The molecule has 0 unspecified atom stereocenters. The van der Waals surface area contributed by atoms with E-state index in [0.29, 0.717) is 13.0 Å². The highest BCUT2D eigenvalue weighted by molar-refractivity contribution is 5.59. The van der Waals surface area contributed by atoms with Gasteiger partial charge in [-0.1, -0.05) is 0 Å². The standard InChI is InChI=1S/C13H15N3O/c1-17-11-4-2-10(3-5-11)12-7-9-15-13(16-12)6-8-14/h2-5,7,9H,6,8,14H2,1H3. The number of ether oxygens (including phenoxy) is 1. The van der Waals surface area contributed by atoms with Crippen LogP contribution < -0.4 is 10.5 Å². The van der Waals surface area contributed by atoms with E-state index in [2.05, 4.69) is 9.97 Å². The summed E-state index contributed by atoms with van der Waals surface area (Å²) in [5, 5.41) is 0. The van der Waals surface area contributed by atoms with E-state index in [-0.39, 0.29) is 0 Å². The molecule has 4 heteroatoms. The zero-order valence-electron chi connectivity index (χ0n) is 9.76. The lowest BCUT2D eigenvalue weighted by Gasteiger charge is -2.04. The molecule has 0 aliphatic heterocycles. The topological polar surface area (TPSA) is 61.0 Å². The normalized spacial score (nSPS) is 10.2. The Kier molecular flexibility index (Phi) is 3.67. The molecule has 0 aliphatic carbocycles. The van der Waals surface area contributed by atoms with Crippen molar-refractivity contribution in [1.29, 1.82) is 0 Å². The summed E-state index contributed by atoms with van der Waals surface area (Å²) >= 11 is 0. The summed E-state index contributed by atoms with van der Waals surface area (Å²) in [5.74, 6) is 1.62. The Morgan fingerprint density at radius 2 is 1.94 bits per heavy atom. The molecule has 2 N–H and O–H groups in total. The molecule has 1 heterocycles. The molecule has 0 amide bonds. The van der Waals surface area contributed by atoms with Crippen LogP contribution in [-0.4, -0.2) is 23.6 Å². The lowest BCUT2D eigenvalue weighted by atomic mass is 10.1. The van der Waals surface area contributed by atoms with Gasteiger partial charge >= 0.3 is 0 Å². The van der Waals surface area contributed by atoms with Crippen molar-refractivity contribution in [3.63, 3.8) is 0 Å². The maximum atomic E-state index is 5.49. The van der Waals surface area contributed by atoms with Gasteiger partial charge in [0.2, 0.25) is 0 Å². The Labute approximate surface area is 100 Å². The summed E-state index contributed by atoms with van der Waals surface area (Å²) < 4.78 is 5.12. The maximum Gasteiger partial charge on any atom is 0.130 e. The van der Waals surface area contributed by atoms with Crippen LogP contribution in [0.2, 0.25) is 0 Å². The molecule has 0 bridgehead atoms. The highest BCUT2D eigenvalue weighted by Gasteiger charge is 2.02. The summed E-state index contributed by atoms with van der Waals surface area (Å²) in [6.07, 6.45) is 2.46. The molecular formula is C13H15N3O. The SMILES string of the molecule is COc1ccc(-c2ccnc(CCN)n2)cc1. The number of hydrogen-bond acceptors (Lipinski definition) is 4. The fourth-order valence-electron chi connectivity index (χ4n) is 1.57. The largest absolute Gasteiger partial charge is 0.497 e. The Balaban J connectivity index is 2.28. The van der Waals surface area contributed by atoms with Gasteiger partial charge in [-0.05, 0) is 36.9 Å². The van der Waals surface area contributed by atoms with Crippen molar-refractivity contribution in [2.75, 3.05) is 13.7 Å². The highest BCUT2D eigenvalue weighted by atomic mass is 16.5. The molecule has 1 aromatic carbocycles. The third kappa shape index (κ3) is 2.79. The van der Waals surface area contributed by atoms with E-state index in [1.165, 1.54) is 0 Å². The van der Waals surface area contributed by atoms with Gasteiger partial charge in [0, 0.05) is 18.2 Å². The van der Waals surface area contributed by atoms with Crippen LogP contribution in [0.1, 0.15) is 5.82 Å². The van der Waals surface area contributed by atoms with Gasteiger partial charge in [0.05, 0.1) is 12.8 Å². The number of nitrogens with zero attached hydrogens (tertiary/aromatic N) is 2. The quantitative estimate of drug-likeness (QED) is 0.866. The average Bonchev–Trinajstić information content (AvgIpc) is 2.40. The average molecular weight is 229 g/mol. The summed E-state index contributed by atoms with van der Waals surface area (Å²) in [7, 11) is 1.65. The van der Waals surface area contributed by atoms with Crippen molar-refractivity contribution in [1.82, 2.24) is 9.97 Å². The first-order valence-electron chi connectivity index (χ1n) is 5.50. The van der Waals surface area contributed by atoms with Crippen molar-refractivity contribution in [2.45, 2.75) is 6.42 Å². The molecule has 88 valence electrons. The number of hydrogen-bond donors (Lipinski definition) is 1. The predicted octanol–water partition coefficient (Wildman–Crippen LogP) is 1.65. The van der Waals surface area contributed by atoms with E-state index in [0.717, 1.165) is 22.8 Å². The minimum absolute atomic E-state index is 0.562. The Morgan fingerprint density at radius 3 is 2.59 bits per heavy atom. The number of aromatic nitrogens is 2. The monoisotopic (exact) mass is 229 g/mol. The number of benzene rings is 1. The third-order valence-electron chi connectivity index (χ3n) is 2.46. The van der Waals surface area contributed by atoms with Gasteiger partial charge in [-0.15, -0.1) is 0 Å². The summed E-state index contributed by atoms with van der Waals surface area (Å²) in [6.45, 7) is 0.562. The molecule has 4 nitrogen and oxygen atoms in total. The molecule has 0 saturated carbocycles. The van der Waals surface area contributed by atoms with Gasteiger partial charge < -0.3 is 10.5 Å². The van der Waals surface area contributed by atoms with Crippen molar-refractivity contribution >= 4 is 0 Å². The van der Waals surface area contributed by atoms with Crippen LogP contribution in [0.3, 0.4) is 0 Å². The molecule has 0 atom stereocenters. The van der Waals surface area contributed by atoms with E-state index in [1.54, 1.807) is 13.3 Å². The molecule has 1 aromatic heterocycles. The van der Waals surface area contributed by atoms with E-state index in [9.17, 15) is 0 Å². The molecule has 2 aromatic rings.